The van der Waals surface area contributed by atoms with E-state index in [1.54, 1.807) is 16.8 Å². The molecule has 9 nitrogen and oxygen atoms in total. The summed E-state index contributed by atoms with van der Waals surface area (Å²) in [5.74, 6) is 0.429. The maximum Gasteiger partial charge on any atom is 0.341 e. The number of hydrogen-bond acceptors (Lipinski definition) is 7. The largest absolute Gasteiger partial charge is 0.480 e. The number of rotatable bonds is 9. The second-order valence-electron chi connectivity index (χ2n) is 8.11. The molecule has 0 atom stereocenters. The van der Waals surface area contributed by atoms with Gasteiger partial charge in [0.2, 0.25) is 5.88 Å². The SMILES string of the molecule is COc1ncccc1Nc1cc(N(Cc2ccccc2)Cc2ccccc2)n2ncc(C(=O)O)c2n1. The molecule has 9 heteroatoms. The molecule has 0 unspecified atom stereocenters. The van der Waals surface area contributed by atoms with Crippen LogP contribution in [-0.2, 0) is 13.1 Å². The Balaban J connectivity index is 1.65. The molecule has 180 valence electrons. The number of nitrogens with zero attached hydrogens (tertiary/aromatic N) is 5. The summed E-state index contributed by atoms with van der Waals surface area (Å²) in [5, 5.41) is 17.4. The van der Waals surface area contributed by atoms with Crippen molar-refractivity contribution in [2.45, 2.75) is 13.1 Å². The van der Waals surface area contributed by atoms with Gasteiger partial charge < -0.3 is 20.1 Å². The number of pyridine rings is 1. The summed E-state index contributed by atoms with van der Waals surface area (Å²) in [4.78, 5) is 22.9. The van der Waals surface area contributed by atoms with Gasteiger partial charge in [-0.3, -0.25) is 0 Å². The van der Waals surface area contributed by atoms with E-state index in [0.29, 0.717) is 36.3 Å². The molecule has 0 bridgehead atoms. The molecule has 2 N–H and O–H groups in total. The number of carboxylic acid groups (broad SMARTS) is 1. The fraction of sp³-hybridized carbons (Fsp3) is 0.111. The van der Waals surface area contributed by atoms with Crippen molar-refractivity contribution in [3.05, 3.63) is 108 Å². The maximum atomic E-state index is 12.0. The van der Waals surface area contributed by atoms with Gasteiger partial charge >= 0.3 is 5.97 Å². The predicted molar refractivity (Wildman–Crippen MR) is 137 cm³/mol. The Bertz CT molecular complexity index is 1450. The third kappa shape index (κ3) is 4.80. The van der Waals surface area contributed by atoms with Crippen LogP contribution in [0.25, 0.3) is 5.65 Å². The Hall–Kier alpha value is -4.92. The Morgan fingerprint density at radius 3 is 2.28 bits per heavy atom. The molecule has 0 fully saturated rings. The zero-order valence-corrected chi connectivity index (χ0v) is 19.6. The van der Waals surface area contributed by atoms with Crippen LogP contribution in [0.4, 0.5) is 17.3 Å². The van der Waals surface area contributed by atoms with E-state index in [1.807, 2.05) is 48.5 Å². The number of anilines is 3. The second-order valence-corrected chi connectivity index (χ2v) is 8.11. The van der Waals surface area contributed by atoms with Crippen molar-refractivity contribution in [1.82, 2.24) is 19.6 Å². The summed E-state index contributed by atoms with van der Waals surface area (Å²) in [5.41, 5.74) is 3.06. The van der Waals surface area contributed by atoms with E-state index in [2.05, 4.69) is 49.5 Å². The highest BCUT2D eigenvalue weighted by Gasteiger charge is 2.21. The van der Waals surface area contributed by atoms with E-state index in [9.17, 15) is 9.90 Å². The van der Waals surface area contributed by atoms with E-state index < -0.39 is 5.97 Å². The highest BCUT2D eigenvalue weighted by atomic mass is 16.5. The number of methoxy groups -OCH3 is 1. The van der Waals surface area contributed by atoms with Crippen LogP contribution in [0.3, 0.4) is 0 Å². The van der Waals surface area contributed by atoms with Crippen molar-refractivity contribution in [2.24, 2.45) is 0 Å². The first-order valence-corrected chi connectivity index (χ1v) is 11.3. The normalized spacial score (nSPS) is 10.8. The third-order valence-corrected chi connectivity index (χ3v) is 5.67. The molecule has 0 spiro atoms. The molecule has 3 heterocycles. The molecule has 0 saturated carbocycles. The van der Waals surface area contributed by atoms with Crippen molar-refractivity contribution in [3.63, 3.8) is 0 Å². The van der Waals surface area contributed by atoms with Crippen molar-refractivity contribution in [2.75, 3.05) is 17.3 Å². The smallest absolute Gasteiger partial charge is 0.341 e. The Morgan fingerprint density at radius 1 is 1.00 bits per heavy atom. The highest BCUT2D eigenvalue weighted by molar-refractivity contribution is 5.94. The summed E-state index contributed by atoms with van der Waals surface area (Å²) in [6, 6.07) is 25.6. The molecule has 0 aliphatic heterocycles. The van der Waals surface area contributed by atoms with Crippen LogP contribution in [0.5, 0.6) is 5.88 Å². The summed E-state index contributed by atoms with van der Waals surface area (Å²) in [7, 11) is 1.54. The highest BCUT2D eigenvalue weighted by Crippen LogP contribution is 2.29. The molecular formula is C27H24N6O3. The minimum Gasteiger partial charge on any atom is -0.480 e. The van der Waals surface area contributed by atoms with Crippen LogP contribution < -0.4 is 15.0 Å². The maximum absolute atomic E-state index is 12.0. The average Bonchev–Trinajstić information content (AvgIpc) is 3.34. The third-order valence-electron chi connectivity index (χ3n) is 5.67. The molecule has 0 amide bonds. The van der Waals surface area contributed by atoms with Gasteiger partial charge in [0.1, 0.15) is 22.9 Å². The quantitative estimate of drug-likeness (QED) is 0.311. The number of fused-ring (bicyclic) bond motifs is 1. The van der Waals surface area contributed by atoms with Crippen LogP contribution in [-0.4, -0.2) is 37.8 Å². The molecule has 0 aliphatic carbocycles. The second kappa shape index (κ2) is 10.1. The molecule has 2 aromatic carbocycles. The lowest BCUT2D eigenvalue weighted by Gasteiger charge is -2.26. The van der Waals surface area contributed by atoms with Gasteiger partial charge in [0.25, 0.3) is 0 Å². The summed E-state index contributed by atoms with van der Waals surface area (Å²) >= 11 is 0. The van der Waals surface area contributed by atoms with E-state index in [-0.39, 0.29) is 11.2 Å². The van der Waals surface area contributed by atoms with Gasteiger partial charge in [-0.2, -0.15) is 9.61 Å². The van der Waals surface area contributed by atoms with Gasteiger partial charge in [0.05, 0.1) is 13.3 Å². The number of carboxylic acids is 1. The van der Waals surface area contributed by atoms with Gasteiger partial charge in [-0.05, 0) is 23.3 Å². The molecular weight excluding hydrogens is 456 g/mol. The van der Waals surface area contributed by atoms with Gasteiger partial charge in [-0.1, -0.05) is 60.7 Å². The number of nitrogens with one attached hydrogen (secondary N) is 1. The Kier molecular flexibility index (Phi) is 6.44. The van der Waals surface area contributed by atoms with Gasteiger partial charge in [-0.15, -0.1) is 0 Å². The van der Waals surface area contributed by atoms with Crippen LogP contribution in [0.2, 0.25) is 0 Å². The lowest BCUT2D eigenvalue weighted by Crippen LogP contribution is -2.25. The first kappa shape index (κ1) is 22.9. The van der Waals surface area contributed by atoms with Crippen LogP contribution in [0.15, 0.2) is 91.3 Å². The molecule has 5 aromatic rings. The molecule has 0 radical (unpaired) electrons. The van der Waals surface area contributed by atoms with E-state index >= 15 is 0 Å². The van der Waals surface area contributed by atoms with Crippen LogP contribution in [0, 0.1) is 0 Å². The molecule has 3 aromatic heterocycles. The monoisotopic (exact) mass is 480 g/mol. The standard InChI is InChI=1S/C27H24N6O3/c1-36-26-22(13-8-14-28-26)30-23-15-24(33-25(31-23)21(16-29-33)27(34)35)32(17-19-9-4-2-5-10-19)18-20-11-6-3-7-12-20/h2-16H,17-18H2,1H3,(H,30,31)(H,34,35). The lowest BCUT2D eigenvalue weighted by atomic mass is 10.1. The van der Waals surface area contributed by atoms with Crippen molar-refractivity contribution >= 4 is 28.9 Å². The fourth-order valence-corrected chi connectivity index (χ4v) is 4.00. The zero-order valence-electron chi connectivity index (χ0n) is 19.6. The zero-order chi connectivity index (χ0) is 24.9. The van der Waals surface area contributed by atoms with E-state index in [0.717, 1.165) is 11.1 Å². The van der Waals surface area contributed by atoms with Gasteiger partial charge in [-0.25, -0.2) is 14.8 Å². The van der Waals surface area contributed by atoms with Crippen molar-refractivity contribution < 1.29 is 14.6 Å². The van der Waals surface area contributed by atoms with Crippen LogP contribution in [0.1, 0.15) is 21.5 Å². The topological polar surface area (TPSA) is 105 Å². The number of aromatic carboxylic acids is 1. The number of benzene rings is 2. The summed E-state index contributed by atoms with van der Waals surface area (Å²) in [6.45, 7) is 1.15. The van der Waals surface area contributed by atoms with E-state index in [1.165, 1.54) is 13.3 Å². The Morgan fingerprint density at radius 2 is 1.67 bits per heavy atom. The fourth-order valence-electron chi connectivity index (χ4n) is 4.00. The molecule has 5 rings (SSSR count). The summed E-state index contributed by atoms with van der Waals surface area (Å²) in [6.07, 6.45) is 2.96. The molecule has 0 saturated heterocycles. The Labute approximate surface area is 207 Å². The van der Waals surface area contributed by atoms with Crippen molar-refractivity contribution in [3.8, 4) is 5.88 Å². The van der Waals surface area contributed by atoms with Gasteiger partial charge in [0.15, 0.2) is 5.65 Å². The molecule has 36 heavy (non-hydrogen) atoms. The van der Waals surface area contributed by atoms with E-state index in [4.69, 9.17) is 4.74 Å². The van der Waals surface area contributed by atoms with Crippen molar-refractivity contribution in [1.29, 1.82) is 0 Å². The average molecular weight is 481 g/mol. The van der Waals surface area contributed by atoms with Gasteiger partial charge in [0, 0.05) is 25.4 Å². The first-order chi connectivity index (χ1) is 17.6. The predicted octanol–water partition coefficient (Wildman–Crippen LogP) is 4.78. The molecule has 0 aliphatic rings. The number of aromatic nitrogens is 4. The first-order valence-electron chi connectivity index (χ1n) is 11.3. The van der Waals surface area contributed by atoms with Crippen LogP contribution >= 0.6 is 0 Å². The minimum absolute atomic E-state index is 0.0115. The number of hydrogen-bond donors (Lipinski definition) is 2. The lowest BCUT2D eigenvalue weighted by molar-refractivity contribution is 0.0698. The minimum atomic E-state index is -1.10. The summed E-state index contributed by atoms with van der Waals surface area (Å²) < 4.78 is 6.93. The number of carbonyl (C=O) groups is 1. The number of ether oxygens (including phenoxy) is 1.